The number of methoxy groups -OCH3 is 1. The van der Waals surface area contributed by atoms with Crippen LogP contribution in [0.15, 0.2) is 60.7 Å². The fraction of sp³-hybridized carbons (Fsp3) is 0.188. The molecular formula is C16H17NO2. The van der Waals surface area contributed by atoms with E-state index in [0.29, 0.717) is 0 Å². The highest BCUT2D eigenvalue weighted by molar-refractivity contribution is 5.81. The van der Waals surface area contributed by atoms with E-state index in [0.717, 1.165) is 11.3 Å². The van der Waals surface area contributed by atoms with Gasteiger partial charge >= 0.3 is 5.97 Å². The number of nitrogens with zero attached hydrogens (tertiary/aromatic N) is 1. The number of carbonyl (C=O) groups is 1. The largest absolute Gasteiger partial charge is 0.467 e. The van der Waals surface area contributed by atoms with Gasteiger partial charge < -0.3 is 9.64 Å². The molecule has 2 rings (SSSR count). The van der Waals surface area contributed by atoms with Crippen LogP contribution in [0.3, 0.4) is 0 Å². The summed E-state index contributed by atoms with van der Waals surface area (Å²) in [7, 11) is 3.31. The number of likely N-dealkylation sites (N-methyl/N-ethyl adjacent to an activating group) is 1. The van der Waals surface area contributed by atoms with Gasteiger partial charge in [0.1, 0.15) is 0 Å². The van der Waals surface area contributed by atoms with Crippen LogP contribution in [0.4, 0.5) is 5.69 Å². The number of rotatable bonds is 4. The Morgan fingerprint density at radius 1 is 1.00 bits per heavy atom. The van der Waals surface area contributed by atoms with Crippen molar-refractivity contribution in [1.29, 1.82) is 0 Å². The fourth-order valence-electron chi connectivity index (χ4n) is 2.08. The van der Waals surface area contributed by atoms with Crippen LogP contribution in [0.2, 0.25) is 0 Å². The predicted octanol–water partition coefficient (Wildman–Crippen LogP) is 3.04. The Morgan fingerprint density at radius 2 is 1.53 bits per heavy atom. The molecule has 2 aromatic carbocycles. The van der Waals surface area contributed by atoms with Crippen LogP contribution in [-0.2, 0) is 9.53 Å². The first-order chi connectivity index (χ1) is 9.24. The van der Waals surface area contributed by atoms with E-state index in [1.54, 1.807) is 0 Å². The minimum absolute atomic E-state index is 0.266. The predicted molar refractivity (Wildman–Crippen MR) is 76.0 cm³/mol. The summed E-state index contributed by atoms with van der Waals surface area (Å²) in [4.78, 5) is 14.0. The van der Waals surface area contributed by atoms with Crippen molar-refractivity contribution in [3.8, 4) is 0 Å². The highest BCUT2D eigenvalue weighted by Crippen LogP contribution is 2.26. The minimum atomic E-state index is -0.436. The third-order valence-corrected chi connectivity index (χ3v) is 3.09. The lowest BCUT2D eigenvalue weighted by Crippen LogP contribution is -2.31. The van der Waals surface area contributed by atoms with E-state index < -0.39 is 6.04 Å². The Balaban J connectivity index is 2.36. The molecule has 98 valence electrons. The van der Waals surface area contributed by atoms with Gasteiger partial charge in [-0.05, 0) is 17.7 Å². The number of benzene rings is 2. The average Bonchev–Trinajstić information content (AvgIpc) is 2.49. The van der Waals surface area contributed by atoms with Gasteiger partial charge in [0.2, 0.25) is 0 Å². The summed E-state index contributed by atoms with van der Waals surface area (Å²) in [5.74, 6) is -0.266. The molecule has 0 saturated carbocycles. The molecule has 3 nitrogen and oxygen atoms in total. The lowest BCUT2D eigenvalue weighted by molar-refractivity contribution is -0.142. The Labute approximate surface area is 113 Å². The maximum absolute atomic E-state index is 12.1. The number of esters is 1. The van der Waals surface area contributed by atoms with E-state index in [2.05, 4.69) is 0 Å². The van der Waals surface area contributed by atoms with Crippen LogP contribution in [0.1, 0.15) is 11.6 Å². The molecule has 0 spiro atoms. The van der Waals surface area contributed by atoms with Crippen LogP contribution in [0.5, 0.6) is 0 Å². The van der Waals surface area contributed by atoms with Crippen molar-refractivity contribution < 1.29 is 9.53 Å². The summed E-state index contributed by atoms with van der Waals surface area (Å²) in [5.41, 5.74) is 1.89. The van der Waals surface area contributed by atoms with E-state index in [1.807, 2.05) is 72.6 Å². The summed E-state index contributed by atoms with van der Waals surface area (Å²) in [5, 5.41) is 0. The molecule has 0 aliphatic heterocycles. The minimum Gasteiger partial charge on any atom is -0.467 e. The third-order valence-electron chi connectivity index (χ3n) is 3.09. The molecule has 3 heteroatoms. The van der Waals surface area contributed by atoms with Crippen LogP contribution < -0.4 is 4.90 Å². The first-order valence-electron chi connectivity index (χ1n) is 6.14. The molecule has 2 aromatic rings. The van der Waals surface area contributed by atoms with Crippen molar-refractivity contribution in [2.24, 2.45) is 0 Å². The smallest absolute Gasteiger partial charge is 0.333 e. The zero-order chi connectivity index (χ0) is 13.7. The molecule has 0 N–H and O–H groups in total. The number of hydrogen-bond donors (Lipinski definition) is 0. The van der Waals surface area contributed by atoms with E-state index in [4.69, 9.17) is 4.74 Å². The van der Waals surface area contributed by atoms with Gasteiger partial charge in [0, 0.05) is 12.7 Å². The monoisotopic (exact) mass is 255 g/mol. The zero-order valence-electron chi connectivity index (χ0n) is 11.1. The van der Waals surface area contributed by atoms with Gasteiger partial charge in [-0.15, -0.1) is 0 Å². The quantitative estimate of drug-likeness (QED) is 0.786. The summed E-state index contributed by atoms with van der Waals surface area (Å²) in [6.45, 7) is 0. The summed E-state index contributed by atoms with van der Waals surface area (Å²) >= 11 is 0. The molecule has 0 aliphatic rings. The molecule has 0 bridgehead atoms. The molecule has 0 amide bonds. The molecule has 0 aliphatic carbocycles. The second kappa shape index (κ2) is 6.05. The molecule has 0 aromatic heterocycles. The molecule has 1 atom stereocenters. The first-order valence-corrected chi connectivity index (χ1v) is 6.14. The molecule has 0 saturated heterocycles. The van der Waals surface area contributed by atoms with Gasteiger partial charge in [-0.3, -0.25) is 0 Å². The number of carbonyl (C=O) groups excluding carboxylic acids is 1. The average molecular weight is 255 g/mol. The number of hydrogen-bond acceptors (Lipinski definition) is 3. The number of ether oxygens (including phenoxy) is 1. The second-order valence-electron chi connectivity index (χ2n) is 4.28. The second-order valence-corrected chi connectivity index (χ2v) is 4.28. The van der Waals surface area contributed by atoms with Crippen LogP contribution in [0.25, 0.3) is 0 Å². The molecule has 0 unspecified atom stereocenters. The highest BCUT2D eigenvalue weighted by Gasteiger charge is 2.26. The van der Waals surface area contributed by atoms with Gasteiger partial charge in [0.25, 0.3) is 0 Å². The maximum atomic E-state index is 12.1. The lowest BCUT2D eigenvalue weighted by Gasteiger charge is -2.28. The van der Waals surface area contributed by atoms with Gasteiger partial charge in [-0.25, -0.2) is 4.79 Å². The van der Waals surface area contributed by atoms with Crippen molar-refractivity contribution in [2.45, 2.75) is 6.04 Å². The number of anilines is 1. The SMILES string of the molecule is COC(=O)[C@@H](c1ccccc1)N(C)c1ccccc1. The van der Waals surface area contributed by atoms with Crippen molar-refractivity contribution in [2.75, 3.05) is 19.1 Å². The maximum Gasteiger partial charge on any atom is 0.333 e. The fourth-order valence-corrected chi connectivity index (χ4v) is 2.08. The van der Waals surface area contributed by atoms with Crippen LogP contribution in [0, 0.1) is 0 Å². The Kier molecular flexibility index (Phi) is 4.18. The van der Waals surface area contributed by atoms with Crippen LogP contribution in [-0.4, -0.2) is 20.1 Å². The van der Waals surface area contributed by atoms with Crippen molar-refractivity contribution >= 4 is 11.7 Å². The molecule has 19 heavy (non-hydrogen) atoms. The first kappa shape index (κ1) is 13.1. The van der Waals surface area contributed by atoms with Crippen molar-refractivity contribution in [3.63, 3.8) is 0 Å². The van der Waals surface area contributed by atoms with E-state index in [1.165, 1.54) is 7.11 Å². The standard InChI is InChI=1S/C16H17NO2/c1-17(14-11-7-4-8-12-14)15(16(18)19-2)13-9-5-3-6-10-13/h3-12,15H,1-2H3/t15-/m1/s1. The van der Waals surface area contributed by atoms with Crippen molar-refractivity contribution in [1.82, 2.24) is 0 Å². The van der Waals surface area contributed by atoms with E-state index >= 15 is 0 Å². The summed E-state index contributed by atoms with van der Waals surface area (Å²) in [6.07, 6.45) is 0. The number of para-hydroxylation sites is 1. The lowest BCUT2D eigenvalue weighted by atomic mass is 10.1. The molecular weight excluding hydrogens is 238 g/mol. The third kappa shape index (κ3) is 2.94. The van der Waals surface area contributed by atoms with Gasteiger partial charge in [0.15, 0.2) is 6.04 Å². The van der Waals surface area contributed by atoms with E-state index in [-0.39, 0.29) is 5.97 Å². The van der Waals surface area contributed by atoms with Gasteiger partial charge in [-0.1, -0.05) is 48.5 Å². The highest BCUT2D eigenvalue weighted by atomic mass is 16.5. The van der Waals surface area contributed by atoms with Crippen molar-refractivity contribution in [3.05, 3.63) is 66.2 Å². The normalized spacial score (nSPS) is 11.7. The zero-order valence-corrected chi connectivity index (χ0v) is 11.1. The van der Waals surface area contributed by atoms with Gasteiger partial charge in [0.05, 0.1) is 7.11 Å². The van der Waals surface area contributed by atoms with Gasteiger partial charge in [-0.2, -0.15) is 0 Å². The summed E-state index contributed by atoms with van der Waals surface area (Å²) < 4.78 is 4.93. The molecule has 0 fully saturated rings. The Bertz CT molecular complexity index is 525. The van der Waals surface area contributed by atoms with E-state index in [9.17, 15) is 4.79 Å². The Morgan fingerprint density at radius 3 is 2.05 bits per heavy atom. The molecule has 0 heterocycles. The van der Waals surface area contributed by atoms with Crippen LogP contribution >= 0.6 is 0 Å². The summed E-state index contributed by atoms with van der Waals surface area (Å²) in [6, 6.07) is 19.0. The molecule has 0 radical (unpaired) electrons. The Hall–Kier alpha value is -2.29. The topological polar surface area (TPSA) is 29.5 Å².